The molecule has 21 saturated heterocycles. The third-order valence-corrected chi connectivity index (χ3v) is 22.2. The van der Waals surface area contributed by atoms with E-state index in [1.165, 1.54) is 0 Å². The topological polar surface area (TPSA) is 679 Å². The smallest absolute Gasteiger partial charge is 0.303 e. The maximum atomic E-state index is 14.2. The molecule has 0 aromatic heterocycles. The number of ether oxygens (including phenoxy) is 34. The Morgan fingerprint density at radius 3 is 0.493 bits per heavy atom. The predicted molar refractivity (Wildman–Crippen MR) is 465 cm³/mol. The number of carbonyl (C=O) groups is 20. The van der Waals surface area contributed by atoms with Gasteiger partial charge in [-0.05, 0) is 18.6 Å². The van der Waals surface area contributed by atoms with Crippen LogP contribution in [0.3, 0.4) is 0 Å². The second-order valence-corrected chi connectivity index (χ2v) is 34.5. The van der Waals surface area contributed by atoms with Gasteiger partial charge in [0.2, 0.25) is 0 Å². The number of carbonyl (C=O) groups excluding carboxylic acids is 20. The summed E-state index contributed by atoms with van der Waals surface area (Å²) < 4.78 is 212. The van der Waals surface area contributed by atoms with E-state index in [-0.39, 0.29) is 11.7 Å². The first-order valence-corrected chi connectivity index (χ1v) is 46.5. The summed E-state index contributed by atoms with van der Waals surface area (Å²) >= 11 is 5.79. The van der Waals surface area contributed by atoms with Gasteiger partial charge in [-0.1, -0.05) is 26.2 Å². The van der Waals surface area contributed by atoms with Crippen molar-refractivity contribution in [2.45, 2.75) is 386 Å². The molecule has 21 heterocycles. The van der Waals surface area contributed by atoms with Crippen LogP contribution in [0.15, 0.2) is 0 Å². The maximum absolute atomic E-state index is 14.2. The largest absolute Gasteiger partial charge is 0.463 e. The highest BCUT2D eigenvalue weighted by atomic mass is 32.1. The Morgan fingerprint density at radius 1 is 0.192 bits per heavy atom. The van der Waals surface area contributed by atoms with Crippen molar-refractivity contribution in [3.63, 3.8) is 0 Å². The summed E-state index contributed by atoms with van der Waals surface area (Å²) in [7, 11) is 0. The molecule has 820 valence electrons. The Balaban J connectivity index is 1.52. The fourth-order valence-corrected chi connectivity index (χ4v) is 17.0. The van der Waals surface area contributed by atoms with Crippen LogP contribution in [-0.2, 0) is 257 Å². The third kappa shape index (κ3) is 35.4. The van der Waals surface area contributed by atoms with Gasteiger partial charge in [0.1, 0.15) is 125 Å². The van der Waals surface area contributed by atoms with Crippen LogP contribution in [0.5, 0.6) is 0 Å². The summed E-state index contributed by atoms with van der Waals surface area (Å²) in [5.74, 6) is -24.6. The zero-order valence-corrected chi connectivity index (χ0v) is 84.5. The molecule has 21 fully saturated rings. The summed E-state index contributed by atoms with van der Waals surface area (Å²) in [5.41, 5.74) is 0. The standard InChI is InChI=1S/C89H124N2O54S/c1-22-23-24-25-26-90-89(146)91-27-54-61-68(118-40(8)98)75(125-47(15)105)82(132-54)140-62-55(28-112-34(2)92)134-84(77(127-49(17)107)69(62)119-41(9)99)142-64-57(30-114-36(4)94)136-86(79(129-51(19)109)71(64)121-43(11)101)144-66-59(32-116-38(6)96)138-88(81(131-53(21)111)73(66)123-45(13)103)145-67-60(33-117-39(7)97)137-87(80(130-52(20)110)74(67)124-46(14)104)143-65-58(31-115-37(5)95)135-85(78(128-50(18)108)72(65)122-44(12)102)141-63-56(29-113-35(3)93)133-83(139-61)76(126-48(16)106)70(63)120-42(10)100/h54-88H,22-33H2,1-21H3,(H2,90,91,146). The fraction of sp³-hybridized carbons (Fsp3) is 0.764. The molecular formula is C89H124N2O54S. The Labute approximate surface area is 839 Å². The molecule has 0 aromatic rings. The van der Waals surface area contributed by atoms with E-state index in [9.17, 15) is 95.9 Å². The van der Waals surface area contributed by atoms with Crippen molar-refractivity contribution in [1.29, 1.82) is 0 Å². The molecule has 56 nitrogen and oxygen atoms in total. The molecular weight excluding hydrogens is 1990 g/mol. The first-order valence-electron chi connectivity index (χ1n) is 46.1. The first-order chi connectivity index (χ1) is 68.7. The molecule has 0 saturated carbocycles. The maximum Gasteiger partial charge on any atom is 0.303 e. The van der Waals surface area contributed by atoms with E-state index < -0.39 is 381 Å². The van der Waals surface area contributed by atoms with Gasteiger partial charge < -0.3 is 172 Å². The van der Waals surface area contributed by atoms with Gasteiger partial charge in [0.15, 0.2) is 135 Å². The van der Waals surface area contributed by atoms with Crippen LogP contribution in [0.1, 0.15) is 171 Å². The Hall–Kier alpha value is -11.5. The summed E-state index contributed by atoms with van der Waals surface area (Å²) in [5, 5.41) is 5.88. The highest BCUT2D eigenvalue weighted by molar-refractivity contribution is 7.80. The zero-order chi connectivity index (χ0) is 108. The Kier molecular flexibility index (Phi) is 46.0. The molecule has 21 aliphatic rings. The van der Waals surface area contributed by atoms with E-state index in [4.69, 9.17) is 173 Å². The van der Waals surface area contributed by atoms with Gasteiger partial charge in [-0.25, -0.2) is 0 Å². The number of thiocarbonyl (C=S) groups is 1. The normalized spacial score (nSPS) is 33.7. The van der Waals surface area contributed by atoms with Gasteiger partial charge in [-0.2, -0.15) is 0 Å². The van der Waals surface area contributed by atoms with Crippen LogP contribution in [0.2, 0.25) is 0 Å². The van der Waals surface area contributed by atoms with Crippen LogP contribution >= 0.6 is 12.2 Å². The van der Waals surface area contributed by atoms with Crippen molar-refractivity contribution >= 4 is 137 Å². The number of unbranched alkanes of at least 4 members (excludes halogenated alkanes) is 3. The second kappa shape index (κ2) is 56.1. The molecule has 146 heavy (non-hydrogen) atoms. The van der Waals surface area contributed by atoms with Crippen molar-refractivity contribution in [3.05, 3.63) is 0 Å². The molecule has 14 bridgehead atoms. The fourth-order valence-electron chi connectivity index (χ4n) is 16.8. The summed E-state index contributed by atoms with van der Waals surface area (Å²) in [6.07, 6.45) is -77.4. The molecule has 57 heteroatoms. The average molecular weight is 2120 g/mol. The van der Waals surface area contributed by atoms with Crippen molar-refractivity contribution in [2.24, 2.45) is 0 Å². The SMILES string of the molecule is CCCCCCNC(=S)NCC1OC2OC3C(COC(C)=O)OC(OC4C(COC(C)=O)OC(OC5C(COC(C)=O)OC(OC6C(COC(C)=O)OC(OC7C(COC(C)=O)OC(OC8C(COC(C)=O)OC(OC1C(OC(C)=O)C2OC(C)=O)C(OC(C)=O)C8OC(C)=O)C(OC(C)=O)C7OC(C)=O)C(OC(C)=O)C6OC(C)=O)C(OC(C)=O)C5OC(C)=O)C(OC(C)=O)C4OC(C)=O)C(OC(C)=O)C3OC(C)=O. The lowest BCUT2D eigenvalue weighted by molar-refractivity contribution is -0.396. The Bertz CT molecular complexity index is 4300. The van der Waals surface area contributed by atoms with E-state index >= 15 is 0 Å². The van der Waals surface area contributed by atoms with Crippen LogP contribution in [0.25, 0.3) is 0 Å². The van der Waals surface area contributed by atoms with Crippen LogP contribution in [-0.4, -0.2) is 392 Å². The summed E-state index contributed by atoms with van der Waals surface area (Å²) in [4.78, 5) is 276. The van der Waals surface area contributed by atoms with Gasteiger partial charge in [0.25, 0.3) is 0 Å². The number of hydrogen-bond acceptors (Lipinski definition) is 55. The van der Waals surface area contributed by atoms with Crippen LogP contribution in [0, 0.1) is 0 Å². The minimum atomic E-state index is -2.46. The molecule has 0 aromatic carbocycles. The van der Waals surface area contributed by atoms with Gasteiger partial charge in [0, 0.05) is 152 Å². The number of rotatable bonds is 33. The number of hydrogen-bond donors (Lipinski definition) is 2. The zero-order valence-electron chi connectivity index (χ0n) is 83.6. The lowest BCUT2D eigenvalue weighted by Gasteiger charge is -2.52. The first kappa shape index (κ1) is 120. The summed E-state index contributed by atoms with van der Waals surface area (Å²) in [6, 6.07) is 0. The monoisotopic (exact) mass is 2120 g/mol. The molecule has 35 atom stereocenters. The number of nitrogens with one attached hydrogen (secondary N) is 2. The third-order valence-electron chi connectivity index (χ3n) is 21.9. The predicted octanol–water partition coefficient (Wildman–Crippen LogP) is -1.76. The molecule has 21 rings (SSSR count). The molecule has 35 unspecified atom stereocenters. The highest BCUT2D eigenvalue weighted by Crippen LogP contribution is 2.45. The van der Waals surface area contributed by atoms with Gasteiger partial charge in [-0.3, -0.25) is 95.9 Å². The lowest BCUT2D eigenvalue weighted by Crippen LogP contribution is -2.70. The van der Waals surface area contributed by atoms with Crippen molar-refractivity contribution in [2.75, 3.05) is 52.7 Å². The van der Waals surface area contributed by atoms with Crippen molar-refractivity contribution < 1.29 is 257 Å². The molecule has 2 N–H and O–H groups in total. The van der Waals surface area contributed by atoms with E-state index in [0.29, 0.717) is 6.42 Å². The van der Waals surface area contributed by atoms with Crippen LogP contribution < -0.4 is 10.6 Å². The van der Waals surface area contributed by atoms with Crippen molar-refractivity contribution in [1.82, 2.24) is 10.6 Å². The molecule has 0 radical (unpaired) electrons. The molecule has 21 aliphatic heterocycles. The highest BCUT2D eigenvalue weighted by Gasteiger charge is 2.66. The van der Waals surface area contributed by atoms with E-state index in [1.54, 1.807) is 0 Å². The van der Waals surface area contributed by atoms with E-state index in [1.807, 2.05) is 6.92 Å². The lowest BCUT2D eigenvalue weighted by atomic mass is 9.94. The Morgan fingerprint density at radius 2 is 0.342 bits per heavy atom. The van der Waals surface area contributed by atoms with E-state index in [0.717, 1.165) is 158 Å². The van der Waals surface area contributed by atoms with Crippen LogP contribution in [0.4, 0.5) is 0 Å². The van der Waals surface area contributed by atoms with Crippen molar-refractivity contribution in [3.8, 4) is 0 Å². The minimum absolute atomic E-state index is 0.121. The van der Waals surface area contributed by atoms with Gasteiger partial charge >= 0.3 is 119 Å². The average Bonchev–Trinajstić information content (AvgIpc) is 0.760. The molecule has 0 spiro atoms. The van der Waals surface area contributed by atoms with E-state index in [2.05, 4.69) is 10.6 Å². The van der Waals surface area contributed by atoms with Gasteiger partial charge in [-0.15, -0.1) is 0 Å². The quantitative estimate of drug-likeness (QED) is 0.0318. The minimum Gasteiger partial charge on any atom is -0.463 e. The number of esters is 20. The van der Waals surface area contributed by atoms with Gasteiger partial charge in [0.05, 0.1) is 0 Å². The molecule has 0 amide bonds. The second-order valence-electron chi connectivity index (χ2n) is 34.1. The molecule has 0 aliphatic carbocycles. The summed E-state index contributed by atoms with van der Waals surface area (Å²) in [6.45, 7) is 11.8.